The molecule has 0 radical (unpaired) electrons. The molecule has 0 aliphatic heterocycles. The maximum absolute atomic E-state index is 12.7. The summed E-state index contributed by atoms with van der Waals surface area (Å²) in [6.07, 6.45) is 8.79. The molecule has 0 bridgehead atoms. The number of aryl methyl sites for hydroxylation is 1. The van der Waals surface area contributed by atoms with Crippen LogP contribution in [0.1, 0.15) is 11.3 Å². The van der Waals surface area contributed by atoms with Crippen LogP contribution in [0.2, 0.25) is 20.1 Å². The largest absolute Gasteiger partial charge is 0.470 e. The van der Waals surface area contributed by atoms with Gasteiger partial charge in [0.05, 0.1) is 44.4 Å². The van der Waals surface area contributed by atoms with Gasteiger partial charge in [-0.2, -0.15) is 0 Å². The van der Waals surface area contributed by atoms with Crippen LogP contribution in [0.15, 0.2) is 110 Å². The van der Waals surface area contributed by atoms with E-state index in [1.54, 1.807) is 19.3 Å². The number of sulfonamides is 2. The molecule has 4 aromatic heterocycles. The minimum absolute atomic E-state index is 0.0195. The van der Waals surface area contributed by atoms with Gasteiger partial charge in [0.15, 0.2) is 0 Å². The Bertz CT molecular complexity index is 2670. The SMILES string of the molecule is Cn1cc(COc2nc(Br)cnc2NS(=O)(=O)c2cccc(Cl)c2Cl)ccc1=O.O=S(=O)(Nc1ncc(Br)nc1OCc1cnccn1)c1cccc(Cl)c1Cl. The third kappa shape index (κ3) is 11.2. The monoisotopic (exact) mass is 1010 g/mol. The van der Waals surface area contributed by atoms with Crippen molar-refractivity contribution in [3.63, 3.8) is 0 Å². The Labute approximate surface area is 356 Å². The smallest absolute Gasteiger partial charge is 0.264 e. The Kier molecular flexibility index (Phi) is 14.5. The van der Waals surface area contributed by atoms with E-state index in [4.69, 9.17) is 55.9 Å². The summed E-state index contributed by atoms with van der Waals surface area (Å²) in [7, 11) is -6.57. The fourth-order valence-electron chi connectivity index (χ4n) is 4.23. The van der Waals surface area contributed by atoms with Crippen molar-refractivity contribution < 1.29 is 26.3 Å². The first-order valence-electron chi connectivity index (χ1n) is 15.2. The Balaban J connectivity index is 0.000000215. The van der Waals surface area contributed by atoms with Crippen molar-refractivity contribution in [2.24, 2.45) is 7.05 Å². The van der Waals surface area contributed by atoms with Gasteiger partial charge in [0.2, 0.25) is 17.2 Å². The Morgan fingerprint density at radius 1 is 0.696 bits per heavy atom. The van der Waals surface area contributed by atoms with Gasteiger partial charge in [0, 0.05) is 37.3 Å². The van der Waals surface area contributed by atoms with Gasteiger partial charge in [0.1, 0.15) is 32.2 Å². The summed E-state index contributed by atoms with van der Waals surface area (Å²) in [6, 6.07) is 11.5. The second-order valence-corrected chi connectivity index (χ2v) is 17.3. The number of rotatable bonds is 12. The number of nitrogens with zero attached hydrogens (tertiary/aromatic N) is 7. The van der Waals surface area contributed by atoms with E-state index in [0.29, 0.717) is 20.5 Å². The summed E-state index contributed by atoms with van der Waals surface area (Å²) in [5.41, 5.74) is 1.05. The highest BCUT2D eigenvalue weighted by molar-refractivity contribution is 9.10. The Hall–Kier alpha value is -4.15. The number of ether oxygens (including phenoxy) is 2. The molecule has 0 unspecified atom stereocenters. The molecule has 0 aliphatic rings. The highest BCUT2D eigenvalue weighted by Crippen LogP contribution is 2.33. The lowest BCUT2D eigenvalue weighted by molar-refractivity contribution is 0.289. The minimum Gasteiger partial charge on any atom is -0.470 e. The topological polar surface area (TPSA) is 210 Å². The number of anilines is 2. The van der Waals surface area contributed by atoms with E-state index in [-0.39, 0.29) is 72.1 Å². The summed E-state index contributed by atoms with van der Waals surface area (Å²) >= 11 is 30.2. The van der Waals surface area contributed by atoms with E-state index in [9.17, 15) is 21.6 Å². The van der Waals surface area contributed by atoms with Crippen molar-refractivity contribution in [3.8, 4) is 11.8 Å². The quantitative estimate of drug-likeness (QED) is 0.123. The third-order valence-corrected chi connectivity index (χ3v) is 12.2. The minimum atomic E-state index is -4.11. The average Bonchev–Trinajstić information content (AvgIpc) is 3.15. The molecule has 24 heteroatoms. The molecule has 0 amide bonds. The first-order valence-corrected chi connectivity index (χ1v) is 21.3. The normalized spacial score (nSPS) is 11.3. The van der Waals surface area contributed by atoms with Crippen LogP contribution in [0.25, 0.3) is 0 Å². The molecule has 4 heterocycles. The highest BCUT2D eigenvalue weighted by Gasteiger charge is 2.24. The van der Waals surface area contributed by atoms with Crippen molar-refractivity contribution >= 4 is 110 Å². The molecule has 2 N–H and O–H groups in total. The van der Waals surface area contributed by atoms with Crippen LogP contribution >= 0.6 is 78.3 Å². The molecule has 0 fully saturated rings. The lowest BCUT2D eigenvalue weighted by Gasteiger charge is -2.13. The second kappa shape index (κ2) is 18.9. The molecule has 0 aliphatic carbocycles. The Morgan fingerprint density at radius 2 is 1.21 bits per heavy atom. The molecule has 16 nitrogen and oxygen atoms in total. The number of hydrogen-bond acceptors (Lipinski definition) is 13. The maximum Gasteiger partial charge on any atom is 0.264 e. The summed E-state index contributed by atoms with van der Waals surface area (Å²) in [4.78, 5) is 35.4. The van der Waals surface area contributed by atoms with Gasteiger partial charge < -0.3 is 14.0 Å². The van der Waals surface area contributed by atoms with E-state index >= 15 is 0 Å². The molecule has 292 valence electrons. The summed E-state index contributed by atoms with van der Waals surface area (Å²) < 4.78 is 68.7. The Morgan fingerprint density at radius 3 is 1.70 bits per heavy atom. The summed E-state index contributed by atoms with van der Waals surface area (Å²) in [5.74, 6) is -0.348. The van der Waals surface area contributed by atoms with Crippen LogP contribution in [0, 0.1) is 0 Å². The second-order valence-electron chi connectivity index (χ2n) is 10.8. The van der Waals surface area contributed by atoms with Crippen LogP contribution in [0.3, 0.4) is 0 Å². The standard InChI is InChI=1S/C17H13BrCl2N4O4S.C15H10BrCl2N5O3S/c1-24-8-10(5-6-14(24)25)9-28-17-16(21-7-13(18)22-17)23-29(26,27)12-4-2-3-11(19)15(12)20;16-12-7-21-14(15(22-12)26-8-9-6-19-4-5-20-9)23-27(24,25)11-3-1-2-10(17)13(11)18/h2-8H,9H2,1H3,(H,21,23);1-7H,8H2,(H,21,23). The van der Waals surface area contributed by atoms with Gasteiger partial charge in [-0.1, -0.05) is 58.5 Å². The van der Waals surface area contributed by atoms with E-state index in [1.165, 1.54) is 78.0 Å². The van der Waals surface area contributed by atoms with Crippen LogP contribution in [0.4, 0.5) is 11.6 Å². The third-order valence-electron chi connectivity index (χ3n) is 6.79. The van der Waals surface area contributed by atoms with E-state index < -0.39 is 20.0 Å². The van der Waals surface area contributed by atoms with Gasteiger partial charge in [-0.25, -0.2) is 36.8 Å². The number of halogens is 6. The van der Waals surface area contributed by atoms with Crippen LogP contribution in [-0.4, -0.2) is 51.3 Å². The average molecular weight is 1010 g/mol. The molecule has 2 aromatic carbocycles. The van der Waals surface area contributed by atoms with Crippen LogP contribution < -0.4 is 24.5 Å². The van der Waals surface area contributed by atoms with Crippen molar-refractivity contribution in [2.45, 2.75) is 23.0 Å². The fraction of sp³-hybridized carbons (Fsp3) is 0.0938. The zero-order valence-corrected chi connectivity index (χ0v) is 35.9. The zero-order valence-electron chi connectivity index (χ0n) is 28.1. The summed E-state index contributed by atoms with van der Waals surface area (Å²) in [6.45, 7) is 0.0531. The van der Waals surface area contributed by atoms with E-state index in [1.807, 2.05) is 0 Å². The van der Waals surface area contributed by atoms with Gasteiger partial charge in [-0.15, -0.1) is 0 Å². The predicted molar refractivity (Wildman–Crippen MR) is 216 cm³/mol. The molecular weight excluding hydrogens is 988 g/mol. The van der Waals surface area contributed by atoms with Gasteiger partial charge >= 0.3 is 0 Å². The highest BCUT2D eigenvalue weighted by atomic mass is 79.9. The van der Waals surface area contributed by atoms with Crippen molar-refractivity contribution in [2.75, 3.05) is 9.44 Å². The summed E-state index contributed by atoms with van der Waals surface area (Å²) in [5, 5.41) is 0.00123. The molecule has 0 atom stereocenters. The number of benzene rings is 2. The fourth-order valence-corrected chi connectivity index (χ4v) is 8.29. The maximum atomic E-state index is 12.7. The van der Waals surface area contributed by atoms with Crippen molar-refractivity contribution in [3.05, 3.63) is 137 Å². The molecular formula is C32H23Br2Cl4N9O7S2. The van der Waals surface area contributed by atoms with Crippen LogP contribution in [-0.2, 0) is 40.3 Å². The van der Waals surface area contributed by atoms with Gasteiger partial charge in [0.25, 0.3) is 31.8 Å². The molecule has 0 spiro atoms. The van der Waals surface area contributed by atoms with Crippen LogP contribution in [0.5, 0.6) is 11.8 Å². The lowest BCUT2D eigenvalue weighted by Crippen LogP contribution is -2.17. The lowest BCUT2D eigenvalue weighted by atomic mass is 10.3. The zero-order chi connectivity index (χ0) is 40.6. The predicted octanol–water partition coefficient (Wildman–Crippen LogP) is 7.34. The number of nitrogens with one attached hydrogen (secondary N) is 2. The van der Waals surface area contributed by atoms with Gasteiger partial charge in [-0.3, -0.25) is 24.2 Å². The first-order chi connectivity index (χ1) is 26.5. The number of aromatic nitrogens is 7. The first kappa shape index (κ1) is 43.0. The van der Waals surface area contributed by atoms with Gasteiger partial charge in [-0.05, 0) is 62.2 Å². The van der Waals surface area contributed by atoms with E-state index in [2.05, 4.69) is 71.2 Å². The van der Waals surface area contributed by atoms with Crippen molar-refractivity contribution in [1.82, 2.24) is 34.5 Å². The molecule has 0 saturated carbocycles. The molecule has 56 heavy (non-hydrogen) atoms. The molecule has 0 saturated heterocycles. The van der Waals surface area contributed by atoms with E-state index in [0.717, 1.165) is 0 Å². The number of pyridine rings is 1. The number of hydrogen-bond donors (Lipinski definition) is 2. The molecule has 6 rings (SSSR count). The molecule has 6 aromatic rings. The van der Waals surface area contributed by atoms with Crippen molar-refractivity contribution in [1.29, 1.82) is 0 Å².